The molecule has 7 heteroatoms. The second kappa shape index (κ2) is 11.1. The SMILES string of the molecule is CC(C)CC1(c2ccccc2)N=C(N)N(CCCCNC(=O)[C@@H](N)Cc2ccccc2)C1=O. The third-order valence-electron chi connectivity index (χ3n) is 5.88. The summed E-state index contributed by atoms with van der Waals surface area (Å²) in [5, 5.41) is 2.89. The van der Waals surface area contributed by atoms with Crippen LogP contribution < -0.4 is 16.8 Å². The lowest BCUT2D eigenvalue weighted by molar-refractivity contribution is -0.132. The highest BCUT2D eigenvalue weighted by molar-refractivity contribution is 6.07. The smallest absolute Gasteiger partial charge is 0.261 e. The van der Waals surface area contributed by atoms with Crippen molar-refractivity contribution in [3.05, 3.63) is 71.8 Å². The molecule has 1 aliphatic heterocycles. The molecule has 0 radical (unpaired) electrons. The van der Waals surface area contributed by atoms with Crippen LogP contribution in [0.2, 0.25) is 0 Å². The fourth-order valence-electron chi connectivity index (χ4n) is 4.29. The Hall–Kier alpha value is -3.19. The average molecular weight is 450 g/mol. The number of aliphatic imine (C=N–C) groups is 1. The Bertz CT molecular complexity index is 961. The zero-order chi connectivity index (χ0) is 23.8. The predicted molar refractivity (Wildman–Crippen MR) is 131 cm³/mol. The minimum atomic E-state index is -0.960. The molecule has 0 fully saturated rings. The summed E-state index contributed by atoms with van der Waals surface area (Å²) in [6.07, 6.45) is 2.51. The molecule has 2 amide bonds. The minimum absolute atomic E-state index is 0.0752. The molecule has 5 N–H and O–H groups in total. The molecule has 1 unspecified atom stereocenters. The molecule has 1 heterocycles. The Labute approximate surface area is 196 Å². The maximum Gasteiger partial charge on any atom is 0.261 e. The average Bonchev–Trinajstić information content (AvgIpc) is 3.04. The van der Waals surface area contributed by atoms with E-state index in [1.54, 1.807) is 4.90 Å². The number of hydrogen-bond donors (Lipinski definition) is 3. The zero-order valence-corrected chi connectivity index (χ0v) is 19.5. The van der Waals surface area contributed by atoms with Gasteiger partial charge in [0, 0.05) is 13.1 Å². The number of guanidine groups is 1. The summed E-state index contributed by atoms with van der Waals surface area (Å²) < 4.78 is 0. The summed E-state index contributed by atoms with van der Waals surface area (Å²) in [6.45, 7) is 5.12. The van der Waals surface area contributed by atoms with Crippen LogP contribution in [0.15, 0.2) is 65.7 Å². The monoisotopic (exact) mass is 449 g/mol. The molecule has 2 aromatic rings. The highest BCUT2D eigenvalue weighted by atomic mass is 16.2. The lowest BCUT2D eigenvalue weighted by atomic mass is 9.82. The fraction of sp³-hybridized carbons (Fsp3) is 0.423. The van der Waals surface area contributed by atoms with Crippen molar-refractivity contribution in [2.75, 3.05) is 13.1 Å². The van der Waals surface area contributed by atoms with E-state index >= 15 is 0 Å². The van der Waals surface area contributed by atoms with Gasteiger partial charge in [0.1, 0.15) is 0 Å². The van der Waals surface area contributed by atoms with Crippen molar-refractivity contribution < 1.29 is 9.59 Å². The van der Waals surface area contributed by atoms with Crippen molar-refractivity contribution in [3.8, 4) is 0 Å². The van der Waals surface area contributed by atoms with E-state index in [1.807, 2.05) is 60.7 Å². The van der Waals surface area contributed by atoms with Crippen LogP contribution in [0.3, 0.4) is 0 Å². The lowest BCUT2D eigenvalue weighted by Crippen LogP contribution is -2.44. The molecule has 3 rings (SSSR count). The normalized spacial score (nSPS) is 19.0. The van der Waals surface area contributed by atoms with E-state index in [0.29, 0.717) is 38.8 Å². The number of rotatable bonds is 11. The van der Waals surface area contributed by atoms with E-state index in [0.717, 1.165) is 11.1 Å². The van der Waals surface area contributed by atoms with E-state index < -0.39 is 11.6 Å². The highest BCUT2D eigenvalue weighted by Crippen LogP contribution is 2.38. The molecule has 0 saturated heterocycles. The van der Waals surface area contributed by atoms with Gasteiger partial charge in [-0.05, 0) is 42.7 Å². The summed E-state index contributed by atoms with van der Waals surface area (Å²) in [5.74, 6) is 0.297. The van der Waals surface area contributed by atoms with Gasteiger partial charge < -0.3 is 16.8 Å². The maximum atomic E-state index is 13.5. The highest BCUT2D eigenvalue weighted by Gasteiger charge is 2.48. The third kappa shape index (κ3) is 5.99. The number of nitrogens with two attached hydrogens (primary N) is 2. The first-order valence-corrected chi connectivity index (χ1v) is 11.6. The van der Waals surface area contributed by atoms with Crippen molar-refractivity contribution in [2.24, 2.45) is 22.4 Å². The van der Waals surface area contributed by atoms with Gasteiger partial charge in [0.25, 0.3) is 5.91 Å². The second-order valence-electron chi connectivity index (χ2n) is 9.05. The summed E-state index contributed by atoms with van der Waals surface area (Å²) in [6, 6.07) is 18.8. The molecule has 0 saturated carbocycles. The topological polar surface area (TPSA) is 114 Å². The molecule has 176 valence electrons. The van der Waals surface area contributed by atoms with Crippen LogP contribution in [-0.4, -0.2) is 41.8 Å². The van der Waals surface area contributed by atoms with Crippen molar-refractivity contribution >= 4 is 17.8 Å². The molecule has 2 aromatic carbocycles. The molecule has 0 aromatic heterocycles. The van der Waals surface area contributed by atoms with Gasteiger partial charge in [-0.15, -0.1) is 0 Å². The van der Waals surface area contributed by atoms with Crippen LogP contribution in [0, 0.1) is 5.92 Å². The number of amides is 2. The minimum Gasteiger partial charge on any atom is -0.369 e. The molecular weight excluding hydrogens is 414 g/mol. The number of nitrogens with zero attached hydrogens (tertiary/aromatic N) is 2. The fourth-order valence-corrected chi connectivity index (χ4v) is 4.29. The number of unbranched alkanes of at least 4 members (excludes halogenated alkanes) is 1. The van der Waals surface area contributed by atoms with E-state index in [1.165, 1.54) is 0 Å². The first kappa shape index (κ1) is 24.5. The van der Waals surface area contributed by atoms with E-state index in [9.17, 15) is 9.59 Å². The van der Waals surface area contributed by atoms with Crippen LogP contribution in [0.5, 0.6) is 0 Å². The quantitative estimate of drug-likeness (QED) is 0.458. The number of carbonyl (C=O) groups is 2. The van der Waals surface area contributed by atoms with Crippen LogP contribution in [0.1, 0.15) is 44.2 Å². The van der Waals surface area contributed by atoms with Crippen molar-refractivity contribution in [1.29, 1.82) is 0 Å². The van der Waals surface area contributed by atoms with Gasteiger partial charge in [-0.2, -0.15) is 0 Å². The molecular formula is C26H35N5O2. The third-order valence-corrected chi connectivity index (χ3v) is 5.88. The van der Waals surface area contributed by atoms with Crippen LogP contribution >= 0.6 is 0 Å². The van der Waals surface area contributed by atoms with E-state index in [4.69, 9.17) is 11.5 Å². The van der Waals surface area contributed by atoms with Gasteiger partial charge >= 0.3 is 0 Å². The van der Waals surface area contributed by atoms with Gasteiger partial charge in [0.05, 0.1) is 6.04 Å². The molecule has 0 spiro atoms. The molecule has 33 heavy (non-hydrogen) atoms. The van der Waals surface area contributed by atoms with Gasteiger partial charge in [0.2, 0.25) is 5.91 Å². The van der Waals surface area contributed by atoms with Gasteiger partial charge in [-0.3, -0.25) is 14.5 Å². The van der Waals surface area contributed by atoms with E-state index in [2.05, 4.69) is 24.2 Å². The summed E-state index contributed by atoms with van der Waals surface area (Å²) in [5.41, 5.74) is 13.2. The maximum absolute atomic E-state index is 13.5. The lowest BCUT2D eigenvalue weighted by Gasteiger charge is -2.28. The number of carbonyl (C=O) groups excluding carboxylic acids is 2. The Balaban J connectivity index is 1.50. The number of benzene rings is 2. The Morgan fingerprint density at radius 1 is 1.06 bits per heavy atom. The number of nitrogens with one attached hydrogen (secondary N) is 1. The van der Waals surface area contributed by atoms with Crippen molar-refractivity contribution in [2.45, 2.75) is 51.1 Å². The van der Waals surface area contributed by atoms with Gasteiger partial charge in [-0.25, -0.2) is 4.99 Å². The number of hydrogen-bond acceptors (Lipinski definition) is 5. The van der Waals surface area contributed by atoms with Crippen LogP contribution in [0.4, 0.5) is 0 Å². The van der Waals surface area contributed by atoms with Gasteiger partial charge in [0.15, 0.2) is 11.5 Å². The standard InChI is InChI=1S/C26H35N5O2/c1-19(2)18-26(21-13-7-4-8-14-21)24(33)31(25(28)30-26)16-10-9-15-29-23(32)22(27)17-20-11-5-3-6-12-20/h3-8,11-14,19,22H,9-10,15-18,27H2,1-2H3,(H2,28,30)(H,29,32)/t22-,26?/m0/s1. The zero-order valence-electron chi connectivity index (χ0n) is 19.5. The first-order chi connectivity index (χ1) is 15.8. The van der Waals surface area contributed by atoms with Gasteiger partial charge in [-0.1, -0.05) is 74.5 Å². The Morgan fingerprint density at radius 3 is 2.33 bits per heavy atom. The molecule has 7 nitrogen and oxygen atoms in total. The van der Waals surface area contributed by atoms with Crippen molar-refractivity contribution in [1.82, 2.24) is 10.2 Å². The van der Waals surface area contributed by atoms with Crippen molar-refractivity contribution in [3.63, 3.8) is 0 Å². The Morgan fingerprint density at radius 2 is 1.70 bits per heavy atom. The molecule has 1 aliphatic rings. The van der Waals surface area contributed by atoms with Crippen LogP contribution in [0.25, 0.3) is 0 Å². The molecule has 0 aliphatic carbocycles. The Kier molecular flexibility index (Phi) is 8.22. The van der Waals surface area contributed by atoms with E-state index in [-0.39, 0.29) is 23.7 Å². The molecule has 0 bridgehead atoms. The summed E-state index contributed by atoms with van der Waals surface area (Å²) in [4.78, 5) is 32.0. The van der Waals surface area contributed by atoms with Crippen LogP contribution in [-0.2, 0) is 21.5 Å². The summed E-state index contributed by atoms with van der Waals surface area (Å²) in [7, 11) is 0. The predicted octanol–water partition coefficient (Wildman–Crippen LogP) is 2.55. The summed E-state index contributed by atoms with van der Waals surface area (Å²) >= 11 is 0. The largest absolute Gasteiger partial charge is 0.369 e. The first-order valence-electron chi connectivity index (χ1n) is 11.6. The second-order valence-corrected chi connectivity index (χ2v) is 9.05. The molecule has 2 atom stereocenters.